The van der Waals surface area contributed by atoms with Crippen LogP contribution < -0.4 is 21.1 Å². The first-order valence-electron chi connectivity index (χ1n) is 7.40. The van der Waals surface area contributed by atoms with Crippen molar-refractivity contribution in [1.29, 1.82) is 0 Å². The van der Waals surface area contributed by atoms with Crippen molar-refractivity contribution >= 4 is 41.5 Å². The van der Waals surface area contributed by atoms with E-state index in [0.717, 1.165) is 0 Å². The smallest absolute Gasteiger partial charge is 0.406 e. The van der Waals surface area contributed by atoms with E-state index in [1.54, 1.807) is 18.3 Å². The Kier molecular flexibility index (Phi) is 8.78. The predicted octanol–water partition coefficient (Wildman–Crippen LogP) is 2.64. The van der Waals surface area contributed by atoms with Gasteiger partial charge in [0.15, 0.2) is 5.96 Å². The highest BCUT2D eigenvalue weighted by Gasteiger charge is 2.30. The number of alkyl halides is 3. The second-order valence-electron chi connectivity index (χ2n) is 5.04. The zero-order chi connectivity index (χ0) is 19.0. The molecule has 0 saturated carbocycles. The van der Waals surface area contributed by atoms with Gasteiger partial charge in [-0.3, -0.25) is 9.78 Å². The topological polar surface area (TPSA) is 102 Å². The number of anilines is 1. The molecule has 0 saturated heterocycles. The van der Waals surface area contributed by atoms with Crippen molar-refractivity contribution in [2.75, 3.05) is 11.9 Å². The van der Waals surface area contributed by atoms with Crippen LogP contribution >= 0.6 is 24.0 Å². The molecule has 0 spiro atoms. The fraction of sp³-hybridized carbons (Fsp3) is 0.188. The van der Waals surface area contributed by atoms with Crippen LogP contribution in [0.4, 0.5) is 18.9 Å². The fourth-order valence-corrected chi connectivity index (χ4v) is 1.84. The molecule has 0 atom stereocenters. The maximum Gasteiger partial charge on any atom is 0.573 e. The minimum atomic E-state index is -4.73. The van der Waals surface area contributed by atoms with Crippen LogP contribution in [0.3, 0.4) is 0 Å². The Labute approximate surface area is 170 Å². The minimum Gasteiger partial charge on any atom is -0.406 e. The Morgan fingerprint density at radius 2 is 1.93 bits per heavy atom. The number of guanidine groups is 1. The lowest BCUT2D eigenvalue weighted by Gasteiger charge is -2.09. The van der Waals surface area contributed by atoms with Crippen LogP contribution in [0.5, 0.6) is 5.75 Å². The van der Waals surface area contributed by atoms with Crippen molar-refractivity contribution in [2.24, 2.45) is 10.7 Å². The van der Waals surface area contributed by atoms with Gasteiger partial charge in [0.1, 0.15) is 5.75 Å². The average Bonchev–Trinajstić information content (AvgIpc) is 2.59. The van der Waals surface area contributed by atoms with Gasteiger partial charge >= 0.3 is 6.36 Å². The zero-order valence-corrected chi connectivity index (χ0v) is 16.2. The summed E-state index contributed by atoms with van der Waals surface area (Å²) in [5, 5.41) is 5.25. The highest BCUT2D eigenvalue weighted by Crippen LogP contribution is 2.22. The zero-order valence-electron chi connectivity index (χ0n) is 13.9. The van der Waals surface area contributed by atoms with Gasteiger partial charge in [0, 0.05) is 6.20 Å². The normalized spacial score (nSPS) is 11.3. The number of rotatable bonds is 6. The lowest BCUT2D eigenvalue weighted by Crippen LogP contribution is -2.37. The van der Waals surface area contributed by atoms with E-state index in [0.29, 0.717) is 11.3 Å². The molecular weight excluding hydrogens is 478 g/mol. The van der Waals surface area contributed by atoms with Crippen LogP contribution in [0.1, 0.15) is 5.56 Å². The maximum atomic E-state index is 12.1. The largest absolute Gasteiger partial charge is 0.573 e. The maximum absolute atomic E-state index is 12.1. The van der Waals surface area contributed by atoms with E-state index >= 15 is 0 Å². The van der Waals surface area contributed by atoms with Crippen molar-refractivity contribution in [3.63, 3.8) is 0 Å². The molecule has 7 nitrogen and oxygen atoms in total. The van der Waals surface area contributed by atoms with E-state index in [9.17, 15) is 18.0 Å². The summed E-state index contributed by atoms with van der Waals surface area (Å²) in [5.41, 5.74) is 6.83. The number of carbonyl (C=O) groups is 1. The van der Waals surface area contributed by atoms with E-state index in [1.807, 2.05) is 0 Å². The number of halogens is 4. The summed E-state index contributed by atoms with van der Waals surface area (Å²) in [7, 11) is 0. The average molecular weight is 495 g/mol. The van der Waals surface area contributed by atoms with Crippen molar-refractivity contribution in [3.8, 4) is 5.75 Å². The number of hydrogen-bond acceptors (Lipinski definition) is 4. The molecule has 27 heavy (non-hydrogen) atoms. The van der Waals surface area contributed by atoms with Crippen molar-refractivity contribution in [3.05, 3.63) is 54.4 Å². The third kappa shape index (κ3) is 9.08. The molecule has 0 aliphatic heterocycles. The van der Waals surface area contributed by atoms with Gasteiger partial charge in [-0.05, 0) is 29.8 Å². The molecule has 0 radical (unpaired) electrons. The molecular formula is C16H17F3IN5O2. The summed E-state index contributed by atoms with van der Waals surface area (Å²) in [4.78, 5) is 19.6. The first kappa shape index (κ1) is 22.5. The van der Waals surface area contributed by atoms with E-state index in [4.69, 9.17) is 5.73 Å². The van der Waals surface area contributed by atoms with Gasteiger partial charge < -0.3 is 21.1 Å². The molecule has 0 aliphatic rings. The second-order valence-corrected chi connectivity index (χ2v) is 5.04. The molecule has 0 aliphatic carbocycles. The summed E-state index contributed by atoms with van der Waals surface area (Å²) in [6.07, 6.45) is -1.65. The number of nitrogens with one attached hydrogen (secondary N) is 2. The third-order valence-electron chi connectivity index (χ3n) is 2.96. The molecule has 1 aromatic heterocycles. The van der Waals surface area contributed by atoms with Crippen LogP contribution in [0.2, 0.25) is 0 Å². The van der Waals surface area contributed by atoms with Crippen LogP contribution in [-0.2, 0) is 11.3 Å². The van der Waals surface area contributed by atoms with Crippen LogP contribution in [-0.4, -0.2) is 29.8 Å². The standard InChI is InChI=1S/C16H16F3N5O2.HI/c17-16(18,19)26-13-5-3-11(4-6-13)8-22-15(20)23-10-14(25)24-12-2-1-7-21-9-12;/h1-7,9H,8,10H2,(H,24,25)(H3,20,22,23);1H. The Morgan fingerprint density at radius 1 is 1.22 bits per heavy atom. The highest BCUT2D eigenvalue weighted by atomic mass is 127. The molecule has 2 rings (SSSR count). The molecule has 146 valence electrons. The van der Waals surface area contributed by atoms with Gasteiger partial charge in [0.25, 0.3) is 0 Å². The third-order valence-corrected chi connectivity index (χ3v) is 2.96. The van der Waals surface area contributed by atoms with E-state index in [-0.39, 0.29) is 54.7 Å². The van der Waals surface area contributed by atoms with Gasteiger partial charge in [-0.1, -0.05) is 12.1 Å². The number of nitrogens with two attached hydrogens (primary N) is 1. The SMILES string of the molecule is I.NC(=NCc1ccc(OC(F)(F)F)cc1)NCC(=O)Nc1cccnc1. The number of aliphatic imine (C=N–C) groups is 1. The fourth-order valence-electron chi connectivity index (χ4n) is 1.84. The van der Waals surface area contributed by atoms with Gasteiger partial charge in [0.2, 0.25) is 5.91 Å². The number of benzene rings is 1. The molecule has 0 bridgehead atoms. The van der Waals surface area contributed by atoms with E-state index < -0.39 is 6.36 Å². The number of hydrogen-bond donors (Lipinski definition) is 3. The molecule has 4 N–H and O–H groups in total. The number of carbonyl (C=O) groups excluding carboxylic acids is 1. The van der Waals surface area contributed by atoms with Crippen LogP contribution in [0.15, 0.2) is 53.8 Å². The Bertz CT molecular complexity index is 755. The lowest BCUT2D eigenvalue weighted by molar-refractivity contribution is -0.274. The quantitative estimate of drug-likeness (QED) is 0.325. The number of nitrogens with zero attached hydrogens (tertiary/aromatic N) is 2. The van der Waals surface area contributed by atoms with Gasteiger partial charge in [-0.15, -0.1) is 37.1 Å². The van der Waals surface area contributed by atoms with Crippen molar-refractivity contribution in [2.45, 2.75) is 12.9 Å². The summed E-state index contributed by atoms with van der Waals surface area (Å²) in [6, 6.07) is 8.62. The van der Waals surface area contributed by atoms with E-state index in [1.165, 1.54) is 30.5 Å². The predicted molar refractivity (Wildman–Crippen MR) is 105 cm³/mol. The van der Waals surface area contributed by atoms with Gasteiger partial charge in [0.05, 0.1) is 25.0 Å². The monoisotopic (exact) mass is 495 g/mol. The lowest BCUT2D eigenvalue weighted by atomic mass is 10.2. The summed E-state index contributed by atoms with van der Waals surface area (Å²) < 4.78 is 40.0. The first-order valence-corrected chi connectivity index (χ1v) is 7.40. The van der Waals surface area contributed by atoms with Gasteiger partial charge in [-0.2, -0.15) is 0 Å². The number of ether oxygens (including phenoxy) is 1. The molecule has 11 heteroatoms. The van der Waals surface area contributed by atoms with Crippen LogP contribution in [0, 0.1) is 0 Å². The summed E-state index contributed by atoms with van der Waals surface area (Å²) >= 11 is 0. The number of amides is 1. The molecule has 0 fully saturated rings. The van der Waals surface area contributed by atoms with Gasteiger partial charge in [-0.25, -0.2) is 4.99 Å². The number of aromatic nitrogens is 1. The molecule has 0 unspecified atom stereocenters. The van der Waals surface area contributed by atoms with Crippen LogP contribution in [0.25, 0.3) is 0 Å². The first-order chi connectivity index (χ1) is 12.3. The molecule has 1 amide bonds. The Balaban J connectivity index is 0.00000364. The Hall–Kier alpha value is -2.57. The number of pyridine rings is 1. The second kappa shape index (κ2) is 10.5. The van der Waals surface area contributed by atoms with E-state index in [2.05, 4.69) is 25.3 Å². The molecule has 2 aromatic rings. The van der Waals surface area contributed by atoms with Crippen molar-refractivity contribution < 1.29 is 22.7 Å². The Morgan fingerprint density at radius 3 is 2.52 bits per heavy atom. The minimum absolute atomic E-state index is 0. The van der Waals surface area contributed by atoms with Crippen molar-refractivity contribution in [1.82, 2.24) is 10.3 Å². The highest BCUT2D eigenvalue weighted by molar-refractivity contribution is 14.0. The molecule has 1 aromatic carbocycles. The summed E-state index contributed by atoms with van der Waals surface area (Å²) in [5.74, 6) is -0.616. The molecule has 1 heterocycles. The summed E-state index contributed by atoms with van der Waals surface area (Å²) in [6.45, 7) is 0.0396.